The van der Waals surface area contributed by atoms with Gasteiger partial charge in [-0.1, -0.05) is 15.9 Å². The summed E-state index contributed by atoms with van der Waals surface area (Å²) in [5.41, 5.74) is 0.934. The third-order valence-electron chi connectivity index (χ3n) is 2.90. The third kappa shape index (κ3) is 4.46. The second-order valence-corrected chi connectivity index (χ2v) is 7.27. The van der Waals surface area contributed by atoms with Crippen molar-refractivity contribution in [2.75, 3.05) is 16.8 Å². The highest BCUT2D eigenvalue weighted by molar-refractivity contribution is 9.09. The van der Waals surface area contributed by atoms with E-state index in [0.717, 1.165) is 5.69 Å². The lowest BCUT2D eigenvalue weighted by Crippen LogP contribution is -2.27. The standard InChI is InChI=1S/C15H19BrN2O3/c1-15(2,3)21-14(20)17-11-4-6-12(7-5-11)18-9-10(16)8-13(18)19/h4-7,10H,8-9H2,1-3H3,(H,17,20). The van der Waals surface area contributed by atoms with Crippen LogP contribution < -0.4 is 10.2 Å². The molecule has 0 radical (unpaired) electrons. The number of rotatable bonds is 2. The van der Waals surface area contributed by atoms with Crippen molar-refractivity contribution in [3.05, 3.63) is 24.3 Å². The summed E-state index contributed by atoms with van der Waals surface area (Å²) in [5.74, 6) is 0.102. The van der Waals surface area contributed by atoms with Crippen LogP contribution in [0.15, 0.2) is 24.3 Å². The summed E-state index contributed by atoms with van der Waals surface area (Å²) < 4.78 is 5.18. The minimum atomic E-state index is -0.531. The molecule has 5 nitrogen and oxygen atoms in total. The second kappa shape index (κ2) is 6.05. The van der Waals surface area contributed by atoms with Crippen LogP contribution in [0.4, 0.5) is 16.2 Å². The molecule has 21 heavy (non-hydrogen) atoms. The topological polar surface area (TPSA) is 58.6 Å². The van der Waals surface area contributed by atoms with Crippen molar-refractivity contribution < 1.29 is 14.3 Å². The van der Waals surface area contributed by atoms with Gasteiger partial charge in [0.1, 0.15) is 5.60 Å². The quantitative estimate of drug-likeness (QED) is 0.826. The molecular formula is C15H19BrN2O3. The molecule has 0 spiro atoms. The van der Waals surface area contributed by atoms with Crippen LogP contribution in [0, 0.1) is 0 Å². The first-order chi connectivity index (χ1) is 9.74. The van der Waals surface area contributed by atoms with Gasteiger partial charge in [-0.05, 0) is 45.0 Å². The number of hydrogen-bond acceptors (Lipinski definition) is 3. The fourth-order valence-electron chi connectivity index (χ4n) is 2.06. The molecule has 1 unspecified atom stereocenters. The zero-order valence-electron chi connectivity index (χ0n) is 12.4. The van der Waals surface area contributed by atoms with E-state index in [1.54, 1.807) is 17.0 Å². The molecule has 0 bridgehead atoms. The van der Waals surface area contributed by atoms with E-state index in [-0.39, 0.29) is 10.7 Å². The molecule has 0 aromatic heterocycles. The predicted octanol–water partition coefficient (Wildman–Crippen LogP) is 3.53. The lowest BCUT2D eigenvalue weighted by Gasteiger charge is -2.20. The van der Waals surface area contributed by atoms with E-state index in [1.165, 1.54) is 0 Å². The van der Waals surface area contributed by atoms with Crippen molar-refractivity contribution in [2.45, 2.75) is 37.6 Å². The summed E-state index contributed by atoms with van der Waals surface area (Å²) in [6, 6.07) is 7.15. The first-order valence-electron chi connectivity index (χ1n) is 6.79. The van der Waals surface area contributed by atoms with Crippen molar-refractivity contribution in [3.63, 3.8) is 0 Å². The molecular weight excluding hydrogens is 336 g/mol. The average Bonchev–Trinajstić information content (AvgIpc) is 2.67. The molecule has 1 aliphatic rings. The van der Waals surface area contributed by atoms with Gasteiger partial charge >= 0.3 is 6.09 Å². The molecule has 1 aromatic carbocycles. The largest absolute Gasteiger partial charge is 0.444 e. The number of hydrogen-bond donors (Lipinski definition) is 1. The van der Waals surface area contributed by atoms with Crippen molar-refractivity contribution in [1.29, 1.82) is 0 Å². The highest BCUT2D eigenvalue weighted by Gasteiger charge is 2.28. The molecule has 1 fully saturated rings. The number of benzene rings is 1. The normalized spacial score (nSPS) is 18.8. The van der Waals surface area contributed by atoms with Gasteiger partial charge in [-0.25, -0.2) is 4.79 Å². The SMILES string of the molecule is CC(C)(C)OC(=O)Nc1ccc(N2CC(Br)CC2=O)cc1. The molecule has 1 aliphatic heterocycles. The van der Waals surface area contributed by atoms with Gasteiger partial charge < -0.3 is 9.64 Å². The third-order valence-corrected chi connectivity index (χ3v) is 3.52. The van der Waals surface area contributed by atoms with Crippen LogP contribution >= 0.6 is 15.9 Å². The van der Waals surface area contributed by atoms with E-state index in [9.17, 15) is 9.59 Å². The number of nitrogens with one attached hydrogen (secondary N) is 1. The van der Waals surface area contributed by atoms with E-state index < -0.39 is 11.7 Å². The summed E-state index contributed by atoms with van der Waals surface area (Å²) in [5, 5.41) is 2.66. The van der Waals surface area contributed by atoms with Crippen LogP contribution in [0.5, 0.6) is 0 Å². The van der Waals surface area contributed by atoms with Crippen LogP contribution in [0.2, 0.25) is 0 Å². The first-order valence-corrected chi connectivity index (χ1v) is 7.71. The second-order valence-electron chi connectivity index (χ2n) is 5.98. The maximum atomic E-state index is 11.8. The summed E-state index contributed by atoms with van der Waals surface area (Å²) in [7, 11) is 0. The van der Waals surface area contributed by atoms with E-state index in [2.05, 4.69) is 21.2 Å². The molecule has 0 aliphatic carbocycles. The molecule has 1 N–H and O–H groups in total. The van der Waals surface area contributed by atoms with E-state index in [1.807, 2.05) is 32.9 Å². The fourth-order valence-corrected chi connectivity index (χ4v) is 2.63. The number of carbonyl (C=O) groups is 2. The maximum absolute atomic E-state index is 11.8. The lowest BCUT2D eigenvalue weighted by atomic mass is 10.2. The maximum Gasteiger partial charge on any atom is 0.412 e. The molecule has 1 saturated heterocycles. The van der Waals surface area contributed by atoms with Crippen LogP contribution in [-0.2, 0) is 9.53 Å². The van der Waals surface area contributed by atoms with Crippen LogP contribution in [0.3, 0.4) is 0 Å². The van der Waals surface area contributed by atoms with Crippen molar-refractivity contribution in [3.8, 4) is 0 Å². The van der Waals surface area contributed by atoms with Gasteiger partial charge in [-0.3, -0.25) is 10.1 Å². The Labute approximate surface area is 132 Å². The van der Waals surface area contributed by atoms with Gasteiger partial charge in [0, 0.05) is 29.2 Å². The van der Waals surface area contributed by atoms with Gasteiger partial charge in [-0.2, -0.15) is 0 Å². The lowest BCUT2D eigenvalue weighted by molar-refractivity contribution is -0.117. The summed E-state index contributed by atoms with van der Waals surface area (Å²) in [6.07, 6.45) is 0.0192. The van der Waals surface area contributed by atoms with Gasteiger partial charge in [0.25, 0.3) is 0 Å². The van der Waals surface area contributed by atoms with E-state index in [4.69, 9.17) is 4.74 Å². The monoisotopic (exact) mass is 354 g/mol. The molecule has 0 saturated carbocycles. The molecule has 114 valence electrons. The number of amides is 2. The fraction of sp³-hybridized carbons (Fsp3) is 0.467. The molecule has 1 heterocycles. The smallest absolute Gasteiger partial charge is 0.412 e. The average molecular weight is 355 g/mol. The molecule has 6 heteroatoms. The van der Waals surface area contributed by atoms with E-state index >= 15 is 0 Å². The minimum absolute atomic E-state index is 0.102. The van der Waals surface area contributed by atoms with Gasteiger partial charge in [0.15, 0.2) is 0 Å². The van der Waals surface area contributed by atoms with Crippen LogP contribution in [-0.4, -0.2) is 29.0 Å². The number of halogens is 1. The Hall–Kier alpha value is -1.56. The number of carbonyl (C=O) groups excluding carboxylic acids is 2. The Morgan fingerprint density at radius 1 is 1.33 bits per heavy atom. The Morgan fingerprint density at radius 3 is 2.43 bits per heavy atom. The van der Waals surface area contributed by atoms with Gasteiger partial charge in [0.2, 0.25) is 5.91 Å². The number of ether oxygens (including phenoxy) is 1. The Kier molecular flexibility index (Phi) is 4.56. The zero-order chi connectivity index (χ0) is 15.6. The van der Waals surface area contributed by atoms with Crippen molar-refractivity contribution in [2.24, 2.45) is 0 Å². The molecule has 2 rings (SSSR count). The zero-order valence-corrected chi connectivity index (χ0v) is 13.9. The summed E-state index contributed by atoms with van der Waals surface area (Å²) >= 11 is 3.46. The molecule has 2 amide bonds. The summed E-state index contributed by atoms with van der Waals surface area (Å²) in [4.78, 5) is 25.4. The molecule has 1 atom stereocenters. The summed E-state index contributed by atoms with van der Waals surface area (Å²) in [6.45, 7) is 6.10. The highest BCUT2D eigenvalue weighted by atomic mass is 79.9. The van der Waals surface area contributed by atoms with Gasteiger partial charge in [0.05, 0.1) is 0 Å². The molecule has 1 aromatic rings. The number of anilines is 2. The first kappa shape index (κ1) is 15.8. The van der Waals surface area contributed by atoms with Crippen LogP contribution in [0.1, 0.15) is 27.2 Å². The van der Waals surface area contributed by atoms with Crippen molar-refractivity contribution in [1.82, 2.24) is 0 Å². The number of alkyl halides is 1. The van der Waals surface area contributed by atoms with E-state index in [0.29, 0.717) is 18.7 Å². The van der Waals surface area contributed by atoms with Gasteiger partial charge in [-0.15, -0.1) is 0 Å². The Bertz CT molecular complexity index is 537. The Morgan fingerprint density at radius 2 is 1.95 bits per heavy atom. The predicted molar refractivity (Wildman–Crippen MR) is 86.0 cm³/mol. The minimum Gasteiger partial charge on any atom is -0.444 e. The highest BCUT2D eigenvalue weighted by Crippen LogP contribution is 2.26. The van der Waals surface area contributed by atoms with Crippen molar-refractivity contribution >= 4 is 39.3 Å². The van der Waals surface area contributed by atoms with Crippen LogP contribution in [0.25, 0.3) is 0 Å². The Balaban J connectivity index is 1.99. The number of nitrogens with zero attached hydrogens (tertiary/aromatic N) is 1.